The number of fused-ring (bicyclic) bond motifs is 1. The Morgan fingerprint density at radius 2 is 1.80 bits per heavy atom. The van der Waals surface area contributed by atoms with Crippen LogP contribution in [-0.2, 0) is 11.3 Å². The predicted molar refractivity (Wildman–Crippen MR) is 110 cm³/mol. The molecule has 1 aliphatic carbocycles. The molecule has 0 radical (unpaired) electrons. The van der Waals surface area contributed by atoms with Crippen LogP contribution in [0.1, 0.15) is 42.1 Å². The molecule has 2 aromatic rings. The number of hydrogen-bond acceptors (Lipinski definition) is 5. The zero-order chi connectivity index (χ0) is 21.5. The SMILES string of the molecule is COc1ccc(-c2cccc3c2CNC3=O)c(OC(C)C2(C(=O)O)CCC2)c1OC. The van der Waals surface area contributed by atoms with E-state index < -0.39 is 17.5 Å². The van der Waals surface area contributed by atoms with E-state index in [0.29, 0.717) is 42.2 Å². The highest BCUT2D eigenvalue weighted by Gasteiger charge is 2.50. The summed E-state index contributed by atoms with van der Waals surface area (Å²) < 4.78 is 17.4. The number of benzene rings is 2. The normalized spacial score (nSPS) is 17.4. The molecule has 1 fully saturated rings. The van der Waals surface area contributed by atoms with Crippen molar-refractivity contribution in [3.05, 3.63) is 41.5 Å². The Bertz CT molecular complexity index is 1010. The number of ether oxygens (including phenoxy) is 3. The van der Waals surface area contributed by atoms with Gasteiger partial charge in [-0.05, 0) is 49.1 Å². The first-order valence-corrected chi connectivity index (χ1v) is 9.98. The van der Waals surface area contributed by atoms with E-state index in [1.54, 1.807) is 19.1 Å². The number of carbonyl (C=O) groups excluding carboxylic acids is 1. The second-order valence-electron chi connectivity index (χ2n) is 7.77. The molecular formula is C23H25NO6. The average molecular weight is 411 g/mol. The molecule has 1 amide bonds. The Morgan fingerprint density at radius 3 is 2.40 bits per heavy atom. The minimum absolute atomic E-state index is 0.109. The molecule has 1 heterocycles. The molecule has 1 unspecified atom stereocenters. The van der Waals surface area contributed by atoms with Crippen LogP contribution in [0.2, 0.25) is 0 Å². The third-order valence-corrected chi connectivity index (χ3v) is 6.38. The molecule has 0 saturated heterocycles. The van der Waals surface area contributed by atoms with Gasteiger partial charge in [0.05, 0.1) is 14.2 Å². The van der Waals surface area contributed by atoms with Crippen molar-refractivity contribution >= 4 is 11.9 Å². The lowest BCUT2D eigenvalue weighted by atomic mass is 9.65. The first-order chi connectivity index (χ1) is 14.4. The summed E-state index contributed by atoms with van der Waals surface area (Å²) in [4.78, 5) is 24.1. The van der Waals surface area contributed by atoms with Gasteiger partial charge < -0.3 is 24.6 Å². The monoisotopic (exact) mass is 411 g/mol. The van der Waals surface area contributed by atoms with Crippen LogP contribution in [0.25, 0.3) is 11.1 Å². The zero-order valence-electron chi connectivity index (χ0n) is 17.3. The van der Waals surface area contributed by atoms with E-state index >= 15 is 0 Å². The van der Waals surface area contributed by atoms with E-state index in [9.17, 15) is 14.7 Å². The van der Waals surface area contributed by atoms with Gasteiger partial charge in [0.15, 0.2) is 11.5 Å². The highest BCUT2D eigenvalue weighted by Crippen LogP contribution is 2.50. The smallest absolute Gasteiger partial charge is 0.313 e. The van der Waals surface area contributed by atoms with Gasteiger partial charge in [-0.2, -0.15) is 0 Å². The number of carbonyl (C=O) groups is 2. The summed E-state index contributed by atoms with van der Waals surface area (Å²) in [6.07, 6.45) is 1.44. The molecule has 0 spiro atoms. The molecule has 0 bridgehead atoms. The van der Waals surface area contributed by atoms with E-state index in [1.807, 2.05) is 18.2 Å². The van der Waals surface area contributed by atoms with Crippen LogP contribution in [-0.4, -0.2) is 37.3 Å². The van der Waals surface area contributed by atoms with Crippen LogP contribution in [0, 0.1) is 5.41 Å². The highest BCUT2D eigenvalue weighted by molar-refractivity contribution is 6.01. The van der Waals surface area contributed by atoms with E-state index in [0.717, 1.165) is 23.1 Å². The first kappa shape index (κ1) is 20.1. The van der Waals surface area contributed by atoms with Gasteiger partial charge in [0.2, 0.25) is 5.75 Å². The number of rotatable bonds is 7. The van der Waals surface area contributed by atoms with Gasteiger partial charge >= 0.3 is 5.97 Å². The largest absolute Gasteiger partial charge is 0.493 e. The van der Waals surface area contributed by atoms with Gasteiger partial charge in [-0.15, -0.1) is 0 Å². The molecule has 2 aliphatic rings. The van der Waals surface area contributed by atoms with Crippen molar-refractivity contribution in [2.75, 3.05) is 14.2 Å². The molecule has 0 aromatic heterocycles. The van der Waals surface area contributed by atoms with Crippen molar-refractivity contribution in [2.45, 2.75) is 38.8 Å². The molecule has 30 heavy (non-hydrogen) atoms. The minimum atomic E-state index is -0.915. The van der Waals surface area contributed by atoms with Gasteiger partial charge in [0.1, 0.15) is 11.5 Å². The second-order valence-corrected chi connectivity index (χ2v) is 7.77. The Balaban J connectivity index is 1.85. The molecule has 1 atom stereocenters. The van der Waals surface area contributed by atoms with E-state index in [2.05, 4.69) is 5.32 Å². The third kappa shape index (κ3) is 2.96. The molecule has 7 heteroatoms. The van der Waals surface area contributed by atoms with Crippen LogP contribution in [0.15, 0.2) is 30.3 Å². The Morgan fingerprint density at radius 1 is 1.07 bits per heavy atom. The maximum absolute atomic E-state index is 12.1. The molecule has 1 aliphatic heterocycles. The van der Waals surface area contributed by atoms with E-state index in [4.69, 9.17) is 14.2 Å². The second kappa shape index (κ2) is 7.55. The summed E-state index contributed by atoms with van der Waals surface area (Å²) >= 11 is 0. The van der Waals surface area contributed by atoms with Crippen LogP contribution >= 0.6 is 0 Å². The maximum atomic E-state index is 12.1. The third-order valence-electron chi connectivity index (χ3n) is 6.38. The van der Waals surface area contributed by atoms with Gasteiger partial charge in [-0.3, -0.25) is 9.59 Å². The van der Waals surface area contributed by atoms with Gasteiger partial charge in [0, 0.05) is 17.7 Å². The molecule has 7 nitrogen and oxygen atoms in total. The highest BCUT2D eigenvalue weighted by atomic mass is 16.5. The van der Waals surface area contributed by atoms with E-state index in [1.165, 1.54) is 14.2 Å². The summed E-state index contributed by atoms with van der Waals surface area (Å²) in [5.41, 5.74) is 2.16. The van der Waals surface area contributed by atoms with Crippen molar-refractivity contribution in [2.24, 2.45) is 5.41 Å². The lowest BCUT2D eigenvalue weighted by molar-refractivity contribution is -0.162. The van der Waals surface area contributed by atoms with Crippen molar-refractivity contribution in [3.63, 3.8) is 0 Å². The number of nitrogens with one attached hydrogen (secondary N) is 1. The topological polar surface area (TPSA) is 94.1 Å². The number of carboxylic acid groups (broad SMARTS) is 1. The molecule has 4 rings (SSSR count). The Labute approximate surface area is 174 Å². The Kier molecular flexibility index (Phi) is 5.05. The summed E-state index contributed by atoms with van der Waals surface area (Å²) in [6.45, 7) is 2.21. The summed E-state index contributed by atoms with van der Waals surface area (Å²) in [7, 11) is 3.06. The lowest BCUT2D eigenvalue weighted by Crippen LogP contribution is -2.49. The predicted octanol–water partition coefficient (Wildman–Crippen LogP) is 3.64. The number of methoxy groups -OCH3 is 2. The van der Waals surface area contributed by atoms with Gasteiger partial charge in [-0.1, -0.05) is 18.6 Å². The van der Waals surface area contributed by atoms with Crippen molar-refractivity contribution < 1.29 is 28.9 Å². The van der Waals surface area contributed by atoms with Crippen molar-refractivity contribution in [1.82, 2.24) is 5.32 Å². The van der Waals surface area contributed by atoms with Crippen LogP contribution < -0.4 is 19.5 Å². The Hall–Kier alpha value is -3.22. The van der Waals surface area contributed by atoms with Crippen molar-refractivity contribution in [3.8, 4) is 28.4 Å². The minimum Gasteiger partial charge on any atom is -0.493 e. The number of aliphatic carboxylic acids is 1. The molecular weight excluding hydrogens is 386 g/mol. The van der Waals surface area contributed by atoms with Crippen LogP contribution in [0.3, 0.4) is 0 Å². The van der Waals surface area contributed by atoms with E-state index in [-0.39, 0.29) is 5.91 Å². The summed E-state index contributed by atoms with van der Waals surface area (Å²) in [5.74, 6) is 0.354. The lowest BCUT2D eigenvalue weighted by Gasteiger charge is -2.42. The molecule has 2 N–H and O–H groups in total. The number of carboxylic acids is 1. The zero-order valence-corrected chi connectivity index (χ0v) is 17.3. The quantitative estimate of drug-likeness (QED) is 0.723. The number of hydrogen-bond donors (Lipinski definition) is 2. The summed E-state index contributed by atoms with van der Waals surface area (Å²) in [5, 5.41) is 12.7. The fourth-order valence-electron chi connectivity index (χ4n) is 4.38. The first-order valence-electron chi connectivity index (χ1n) is 9.98. The van der Waals surface area contributed by atoms with Gasteiger partial charge in [0.25, 0.3) is 5.91 Å². The standard InChI is InChI=1S/C23H25NO6/c1-13(23(22(26)27)10-5-11-23)30-19-15(8-9-18(28-2)20(19)29-3)14-6-4-7-16-17(14)12-24-21(16)25/h4,6-9,13H,5,10-12H2,1-3H3,(H,24,25)(H,26,27). The fourth-order valence-corrected chi connectivity index (χ4v) is 4.38. The van der Waals surface area contributed by atoms with Crippen LogP contribution in [0.4, 0.5) is 0 Å². The molecule has 1 saturated carbocycles. The molecule has 2 aromatic carbocycles. The number of amides is 1. The maximum Gasteiger partial charge on any atom is 0.313 e. The molecule has 158 valence electrons. The average Bonchev–Trinajstić information content (AvgIpc) is 3.07. The fraction of sp³-hybridized carbons (Fsp3) is 0.391. The van der Waals surface area contributed by atoms with Gasteiger partial charge in [-0.25, -0.2) is 0 Å². The van der Waals surface area contributed by atoms with Crippen LogP contribution in [0.5, 0.6) is 17.2 Å². The van der Waals surface area contributed by atoms with Crippen molar-refractivity contribution in [1.29, 1.82) is 0 Å². The summed E-state index contributed by atoms with van der Waals surface area (Å²) in [6, 6.07) is 9.18.